The van der Waals surface area contributed by atoms with Gasteiger partial charge in [0, 0.05) is 12.7 Å². The molecule has 0 aliphatic carbocycles. The van der Waals surface area contributed by atoms with Crippen LogP contribution < -0.4 is 10.6 Å². The van der Waals surface area contributed by atoms with Crippen LogP contribution in [0.25, 0.3) is 0 Å². The molecule has 0 aromatic heterocycles. The Balaban J connectivity index is 2.90. The van der Waals surface area contributed by atoms with Crippen molar-refractivity contribution in [1.29, 1.82) is 0 Å². The molecule has 0 saturated carbocycles. The molecule has 1 rings (SSSR count). The third-order valence-corrected chi connectivity index (χ3v) is 3.45. The SMILES string of the molecule is CC(C)[C@H](N)C(=O)N(C)c1ccc(C(C)(C)C)cc1. The van der Waals surface area contributed by atoms with Gasteiger partial charge in [-0.2, -0.15) is 0 Å². The highest BCUT2D eigenvalue weighted by Gasteiger charge is 2.22. The summed E-state index contributed by atoms with van der Waals surface area (Å²) in [6.45, 7) is 10.4. The summed E-state index contributed by atoms with van der Waals surface area (Å²) in [6, 6.07) is 7.64. The van der Waals surface area contributed by atoms with E-state index >= 15 is 0 Å². The highest BCUT2D eigenvalue weighted by molar-refractivity contribution is 5.96. The first-order chi connectivity index (χ1) is 8.64. The van der Waals surface area contributed by atoms with E-state index in [-0.39, 0.29) is 17.2 Å². The normalized spacial score (nSPS) is 13.5. The molecule has 1 amide bonds. The molecule has 0 bridgehead atoms. The van der Waals surface area contributed by atoms with Crippen LogP contribution in [0.1, 0.15) is 40.2 Å². The van der Waals surface area contributed by atoms with Crippen molar-refractivity contribution in [3.63, 3.8) is 0 Å². The Labute approximate surface area is 116 Å². The standard InChI is InChI=1S/C16H26N2O/c1-11(2)14(17)15(19)18(6)13-9-7-12(8-10-13)16(3,4)5/h7-11,14H,17H2,1-6H3/t14-/m0/s1. The van der Waals surface area contributed by atoms with Crippen LogP contribution in [0.15, 0.2) is 24.3 Å². The summed E-state index contributed by atoms with van der Waals surface area (Å²) in [5.41, 5.74) is 8.16. The molecule has 0 spiro atoms. The Morgan fingerprint density at radius 1 is 1.16 bits per heavy atom. The fourth-order valence-corrected chi connectivity index (χ4v) is 1.82. The highest BCUT2D eigenvalue weighted by Crippen LogP contribution is 2.24. The lowest BCUT2D eigenvalue weighted by Crippen LogP contribution is -2.45. The van der Waals surface area contributed by atoms with Gasteiger partial charge >= 0.3 is 0 Å². The summed E-state index contributed by atoms with van der Waals surface area (Å²) in [5.74, 6) is 0.0994. The predicted molar refractivity (Wildman–Crippen MR) is 81.4 cm³/mol. The summed E-state index contributed by atoms with van der Waals surface area (Å²) in [5, 5.41) is 0. The van der Waals surface area contributed by atoms with Crippen LogP contribution >= 0.6 is 0 Å². The molecule has 2 N–H and O–H groups in total. The van der Waals surface area contributed by atoms with E-state index in [1.54, 1.807) is 11.9 Å². The lowest BCUT2D eigenvalue weighted by Gasteiger charge is -2.25. The fraction of sp³-hybridized carbons (Fsp3) is 0.562. The molecule has 19 heavy (non-hydrogen) atoms. The first kappa shape index (κ1) is 15.7. The number of likely N-dealkylation sites (N-methyl/N-ethyl adjacent to an activating group) is 1. The molecule has 3 nitrogen and oxygen atoms in total. The van der Waals surface area contributed by atoms with E-state index in [1.807, 2.05) is 26.0 Å². The van der Waals surface area contributed by atoms with E-state index in [0.717, 1.165) is 5.69 Å². The molecule has 0 heterocycles. The Kier molecular flexibility index (Phi) is 4.75. The number of nitrogens with zero attached hydrogens (tertiary/aromatic N) is 1. The van der Waals surface area contributed by atoms with E-state index < -0.39 is 6.04 Å². The monoisotopic (exact) mass is 262 g/mol. The summed E-state index contributed by atoms with van der Waals surface area (Å²) < 4.78 is 0. The molecule has 0 radical (unpaired) electrons. The fourth-order valence-electron chi connectivity index (χ4n) is 1.82. The minimum atomic E-state index is -0.452. The van der Waals surface area contributed by atoms with Gasteiger partial charge in [0.25, 0.3) is 0 Å². The zero-order valence-electron chi connectivity index (χ0n) is 12.9. The molecule has 0 fully saturated rings. The Hall–Kier alpha value is -1.35. The van der Waals surface area contributed by atoms with Crippen LogP contribution in [-0.2, 0) is 10.2 Å². The average molecular weight is 262 g/mol. The number of carbonyl (C=O) groups excluding carboxylic acids is 1. The topological polar surface area (TPSA) is 46.3 Å². The van der Waals surface area contributed by atoms with E-state index in [0.29, 0.717) is 0 Å². The number of hydrogen-bond donors (Lipinski definition) is 1. The predicted octanol–water partition coefficient (Wildman–Crippen LogP) is 2.93. The maximum Gasteiger partial charge on any atom is 0.243 e. The summed E-state index contributed by atoms with van der Waals surface area (Å²) in [4.78, 5) is 13.8. The number of rotatable bonds is 3. The molecule has 0 unspecified atom stereocenters. The van der Waals surface area contributed by atoms with E-state index in [9.17, 15) is 4.79 Å². The Bertz CT molecular complexity index is 429. The molecule has 3 heteroatoms. The Morgan fingerprint density at radius 2 is 1.63 bits per heavy atom. The van der Waals surface area contributed by atoms with Crippen LogP contribution in [0.2, 0.25) is 0 Å². The van der Waals surface area contributed by atoms with Gasteiger partial charge < -0.3 is 10.6 Å². The maximum atomic E-state index is 12.2. The van der Waals surface area contributed by atoms with Gasteiger partial charge in [-0.25, -0.2) is 0 Å². The minimum Gasteiger partial charge on any atom is -0.320 e. The average Bonchev–Trinajstić information content (AvgIpc) is 2.35. The van der Waals surface area contributed by atoms with Crippen LogP contribution in [-0.4, -0.2) is 19.0 Å². The maximum absolute atomic E-state index is 12.2. The van der Waals surface area contributed by atoms with Gasteiger partial charge in [0.05, 0.1) is 6.04 Å². The van der Waals surface area contributed by atoms with Crippen molar-refractivity contribution in [1.82, 2.24) is 0 Å². The number of hydrogen-bond acceptors (Lipinski definition) is 2. The van der Waals surface area contributed by atoms with Crippen molar-refractivity contribution in [3.8, 4) is 0 Å². The lowest BCUT2D eigenvalue weighted by atomic mass is 9.87. The van der Waals surface area contributed by atoms with Crippen molar-refractivity contribution in [2.75, 3.05) is 11.9 Å². The van der Waals surface area contributed by atoms with Gasteiger partial charge in [0.2, 0.25) is 5.91 Å². The molecule has 1 atom stereocenters. The smallest absolute Gasteiger partial charge is 0.243 e. The third kappa shape index (κ3) is 3.80. The molecule has 1 aromatic carbocycles. The van der Waals surface area contributed by atoms with Crippen LogP contribution in [0.4, 0.5) is 5.69 Å². The van der Waals surface area contributed by atoms with Crippen LogP contribution in [0.3, 0.4) is 0 Å². The van der Waals surface area contributed by atoms with Gasteiger partial charge in [-0.3, -0.25) is 4.79 Å². The number of anilines is 1. The van der Waals surface area contributed by atoms with E-state index in [4.69, 9.17) is 5.73 Å². The van der Waals surface area contributed by atoms with E-state index in [2.05, 4.69) is 32.9 Å². The Morgan fingerprint density at radius 3 is 2.00 bits per heavy atom. The zero-order chi connectivity index (χ0) is 14.8. The molecule has 0 aliphatic heterocycles. The number of carbonyl (C=O) groups is 1. The number of amides is 1. The zero-order valence-corrected chi connectivity index (χ0v) is 12.9. The second-order valence-electron chi connectivity index (χ2n) is 6.46. The lowest BCUT2D eigenvalue weighted by molar-refractivity contribution is -0.120. The summed E-state index contributed by atoms with van der Waals surface area (Å²) >= 11 is 0. The molecule has 106 valence electrons. The molecular weight excluding hydrogens is 236 g/mol. The molecular formula is C16H26N2O. The van der Waals surface area contributed by atoms with Gasteiger partial charge in [-0.05, 0) is 29.0 Å². The minimum absolute atomic E-state index is 0.0430. The summed E-state index contributed by atoms with van der Waals surface area (Å²) in [6.07, 6.45) is 0. The van der Waals surface area contributed by atoms with Gasteiger partial charge in [0.15, 0.2) is 0 Å². The second-order valence-corrected chi connectivity index (χ2v) is 6.46. The van der Waals surface area contributed by atoms with Crippen molar-refractivity contribution >= 4 is 11.6 Å². The molecule has 0 saturated heterocycles. The van der Waals surface area contributed by atoms with Crippen LogP contribution in [0, 0.1) is 5.92 Å². The first-order valence-corrected chi connectivity index (χ1v) is 6.78. The second kappa shape index (κ2) is 5.74. The molecule has 0 aliphatic rings. The number of benzene rings is 1. The van der Waals surface area contributed by atoms with E-state index in [1.165, 1.54) is 5.56 Å². The highest BCUT2D eigenvalue weighted by atomic mass is 16.2. The third-order valence-electron chi connectivity index (χ3n) is 3.45. The quantitative estimate of drug-likeness (QED) is 0.910. The summed E-state index contributed by atoms with van der Waals surface area (Å²) in [7, 11) is 1.77. The van der Waals surface area contributed by atoms with Gasteiger partial charge in [0.1, 0.15) is 0 Å². The molecule has 1 aromatic rings. The largest absolute Gasteiger partial charge is 0.320 e. The van der Waals surface area contributed by atoms with Crippen molar-refractivity contribution in [2.45, 2.75) is 46.1 Å². The van der Waals surface area contributed by atoms with Gasteiger partial charge in [-0.1, -0.05) is 46.8 Å². The van der Waals surface area contributed by atoms with Crippen molar-refractivity contribution < 1.29 is 4.79 Å². The van der Waals surface area contributed by atoms with Crippen LogP contribution in [0.5, 0.6) is 0 Å². The van der Waals surface area contributed by atoms with Gasteiger partial charge in [-0.15, -0.1) is 0 Å². The number of nitrogens with two attached hydrogens (primary N) is 1. The van der Waals surface area contributed by atoms with Crippen molar-refractivity contribution in [3.05, 3.63) is 29.8 Å². The van der Waals surface area contributed by atoms with Crippen molar-refractivity contribution in [2.24, 2.45) is 11.7 Å². The first-order valence-electron chi connectivity index (χ1n) is 6.78.